The fourth-order valence-electron chi connectivity index (χ4n) is 5.32. The van der Waals surface area contributed by atoms with Crippen molar-refractivity contribution in [2.45, 2.75) is 50.0 Å². The topological polar surface area (TPSA) is 105 Å². The van der Waals surface area contributed by atoms with Gasteiger partial charge >= 0.3 is 5.97 Å². The Morgan fingerprint density at radius 3 is 2.40 bits per heavy atom. The van der Waals surface area contributed by atoms with E-state index in [-0.39, 0.29) is 46.0 Å². The highest BCUT2D eigenvalue weighted by Crippen LogP contribution is 2.35. The van der Waals surface area contributed by atoms with Crippen molar-refractivity contribution in [3.8, 4) is 23.6 Å². The zero-order chi connectivity index (χ0) is 32.7. The first-order chi connectivity index (χ1) is 21.5. The summed E-state index contributed by atoms with van der Waals surface area (Å²) in [4.78, 5) is 40.4. The van der Waals surface area contributed by atoms with Crippen LogP contribution in [0.3, 0.4) is 0 Å². The number of carboxylic acid groups (broad SMARTS) is 1. The second kappa shape index (κ2) is 14.7. The maximum Gasteiger partial charge on any atom is 0.335 e. The zero-order valence-electron chi connectivity index (χ0n) is 25.8. The number of nitrogens with zero attached hydrogens (tertiary/aromatic N) is 3. The maximum atomic E-state index is 13.3. The van der Waals surface area contributed by atoms with Crippen molar-refractivity contribution in [1.82, 2.24) is 20.0 Å². The number of thioether (sulfide) groups is 1. The SMILES string of the molecule is C#C/C(C(=O)N1CCC(c2ccc(C(=O)O)cc2)CC1)=C(Cl)\C=C/CNC(=O)c1cnn(C(C)(C)C)c1-c1ccccc1SC. The molecule has 8 nitrogen and oxygen atoms in total. The monoisotopic (exact) mass is 644 g/mol. The smallest absolute Gasteiger partial charge is 0.335 e. The Hall–Kier alpha value is -4.26. The van der Waals surface area contributed by atoms with Gasteiger partial charge in [0, 0.05) is 30.1 Å². The number of carboxylic acids is 1. The lowest BCUT2D eigenvalue weighted by Gasteiger charge is -2.32. The largest absolute Gasteiger partial charge is 0.478 e. The third-order valence-corrected chi connectivity index (χ3v) is 8.78. The van der Waals surface area contributed by atoms with Gasteiger partial charge in [-0.2, -0.15) is 5.10 Å². The van der Waals surface area contributed by atoms with Crippen LogP contribution in [-0.2, 0) is 10.3 Å². The molecule has 0 saturated carbocycles. The van der Waals surface area contributed by atoms with Crippen LogP contribution in [0.15, 0.2) is 82.4 Å². The Morgan fingerprint density at radius 1 is 1.13 bits per heavy atom. The normalized spacial score (nSPS) is 14.6. The van der Waals surface area contributed by atoms with Gasteiger partial charge in [0.1, 0.15) is 5.57 Å². The van der Waals surface area contributed by atoms with Gasteiger partial charge in [0.2, 0.25) is 0 Å². The molecule has 2 heterocycles. The van der Waals surface area contributed by atoms with Crippen molar-refractivity contribution < 1.29 is 19.5 Å². The average Bonchev–Trinajstić information content (AvgIpc) is 3.49. The molecule has 2 aromatic carbocycles. The Bertz CT molecular complexity index is 1670. The maximum absolute atomic E-state index is 13.3. The highest BCUT2D eigenvalue weighted by Gasteiger charge is 2.28. The molecule has 1 fully saturated rings. The third-order valence-electron chi connectivity index (χ3n) is 7.66. The quantitative estimate of drug-likeness (QED) is 0.119. The number of carbonyl (C=O) groups excluding carboxylic acids is 2. The first-order valence-corrected chi connectivity index (χ1v) is 16.2. The summed E-state index contributed by atoms with van der Waals surface area (Å²) in [5.41, 5.74) is 3.14. The number of terminal acetylenes is 1. The Labute approximate surface area is 273 Å². The van der Waals surface area contributed by atoms with Crippen LogP contribution in [0.1, 0.15) is 65.8 Å². The van der Waals surface area contributed by atoms with Gasteiger partial charge in [-0.05, 0) is 75.6 Å². The van der Waals surface area contributed by atoms with Gasteiger partial charge in [0.15, 0.2) is 0 Å². The zero-order valence-corrected chi connectivity index (χ0v) is 27.4. The highest BCUT2D eigenvalue weighted by molar-refractivity contribution is 7.98. The number of amides is 2. The molecule has 2 amide bonds. The summed E-state index contributed by atoms with van der Waals surface area (Å²) in [7, 11) is 0. The Balaban J connectivity index is 1.40. The van der Waals surface area contributed by atoms with Gasteiger partial charge in [-0.1, -0.05) is 53.9 Å². The van der Waals surface area contributed by atoms with Crippen molar-refractivity contribution in [2.75, 3.05) is 25.9 Å². The predicted molar refractivity (Wildman–Crippen MR) is 180 cm³/mol. The third kappa shape index (κ3) is 7.88. The minimum Gasteiger partial charge on any atom is -0.478 e. The predicted octanol–water partition coefficient (Wildman–Crippen LogP) is 6.54. The van der Waals surface area contributed by atoms with Crippen LogP contribution >= 0.6 is 23.4 Å². The summed E-state index contributed by atoms with van der Waals surface area (Å²) in [6.45, 7) is 7.29. The average molecular weight is 645 g/mol. The van der Waals surface area contributed by atoms with Crippen LogP contribution in [-0.4, -0.2) is 63.5 Å². The lowest BCUT2D eigenvalue weighted by molar-refractivity contribution is -0.127. The van der Waals surface area contributed by atoms with Gasteiger partial charge in [-0.15, -0.1) is 18.2 Å². The van der Waals surface area contributed by atoms with E-state index in [1.54, 1.807) is 41.1 Å². The molecule has 0 radical (unpaired) electrons. The van der Waals surface area contributed by atoms with E-state index in [0.29, 0.717) is 18.7 Å². The fraction of sp³-hybridized carbons (Fsp3) is 0.314. The summed E-state index contributed by atoms with van der Waals surface area (Å²) < 4.78 is 1.87. The molecule has 3 aromatic rings. The molecule has 0 bridgehead atoms. The van der Waals surface area contributed by atoms with Crippen LogP contribution in [0, 0.1) is 12.3 Å². The number of halogens is 1. The minimum absolute atomic E-state index is 0.0610. The van der Waals surface area contributed by atoms with Crippen LogP contribution in [0.4, 0.5) is 0 Å². The number of likely N-dealkylation sites (tertiary alicyclic amines) is 1. The molecule has 1 saturated heterocycles. The number of nitrogens with one attached hydrogen (secondary N) is 1. The van der Waals surface area contributed by atoms with Gasteiger partial charge in [-0.3, -0.25) is 14.3 Å². The number of carbonyl (C=O) groups is 3. The summed E-state index contributed by atoms with van der Waals surface area (Å²) >= 11 is 8.08. The van der Waals surface area contributed by atoms with Gasteiger partial charge < -0.3 is 15.3 Å². The first kappa shape index (κ1) is 33.6. The number of hydrogen-bond acceptors (Lipinski definition) is 5. The van der Waals surface area contributed by atoms with Crippen LogP contribution in [0.25, 0.3) is 11.3 Å². The van der Waals surface area contributed by atoms with E-state index in [4.69, 9.17) is 23.1 Å². The van der Waals surface area contributed by atoms with Crippen molar-refractivity contribution in [1.29, 1.82) is 0 Å². The Morgan fingerprint density at radius 2 is 1.80 bits per heavy atom. The molecule has 1 aromatic heterocycles. The van der Waals surface area contributed by atoms with E-state index in [1.807, 2.05) is 68.1 Å². The van der Waals surface area contributed by atoms with Gasteiger partial charge in [0.25, 0.3) is 11.8 Å². The Kier molecular flexibility index (Phi) is 11.0. The molecule has 0 spiro atoms. The van der Waals surface area contributed by atoms with Crippen LogP contribution in [0.5, 0.6) is 0 Å². The van der Waals surface area contributed by atoms with Gasteiger partial charge in [-0.25, -0.2) is 4.79 Å². The minimum atomic E-state index is -0.959. The van der Waals surface area contributed by atoms with Crippen molar-refractivity contribution in [2.24, 2.45) is 0 Å². The summed E-state index contributed by atoms with van der Waals surface area (Å²) in [6.07, 6.45) is 13.9. The first-order valence-electron chi connectivity index (χ1n) is 14.6. The van der Waals surface area contributed by atoms with E-state index >= 15 is 0 Å². The van der Waals surface area contributed by atoms with Crippen LogP contribution in [0.2, 0.25) is 0 Å². The number of benzene rings is 2. The van der Waals surface area contributed by atoms with Crippen molar-refractivity contribution in [3.63, 3.8) is 0 Å². The highest BCUT2D eigenvalue weighted by atomic mass is 35.5. The number of allylic oxidation sites excluding steroid dienone is 2. The number of aromatic carboxylic acids is 1. The molecule has 0 atom stereocenters. The van der Waals surface area contributed by atoms with E-state index in [9.17, 15) is 14.4 Å². The van der Waals surface area contributed by atoms with Crippen molar-refractivity contribution in [3.05, 3.63) is 94.2 Å². The second-order valence-corrected chi connectivity index (χ2v) is 12.9. The lowest BCUT2D eigenvalue weighted by atomic mass is 9.88. The molecule has 0 aliphatic carbocycles. The molecular weight excluding hydrogens is 608 g/mol. The number of rotatable bonds is 9. The number of aromatic nitrogens is 2. The molecule has 234 valence electrons. The molecule has 45 heavy (non-hydrogen) atoms. The van der Waals surface area contributed by atoms with Crippen LogP contribution < -0.4 is 5.32 Å². The summed E-state index contributed by atoms with van der Waals surface area (Å²) in [5.74, 6) is 1.10. The summed E-state index contributed by atoms with van der Waals surface area (Å²) in [6, 6.07) is 14.8. The van der Waals surface area contributed by atoms with E-state index in [2.05, 4.69) is 16.3 Å². The van der Waals surface area contributed by atoms with E-state index in [0.717, 1.165) is 34.6 Å². The molecule has 0 unspecified atom stereocenters. The molecule has 2 N–H and O–H groups in total. The molecular formula is C35H37ClN4O4S. The number of hydrogen-bond donors (Lipinski definition) is 2. The molecule has 1 aliphatic rings. The lowest BCUT2D eigenvalue weighted by Crippen LogP contribution is -2.38. The molecule has 10 heteroatoms. The summed E-state index contributed by atoms with van der Waals surface area (Å²) in [5, 5.41) is 16.7. The molecule has 4 rings (SSSR count). The molecule has 1 aliphatic heterocycles. The standard InChI is InChI=1S/C35H37ClN4O4S/c1-6-26(33(42)39-20-17-24(18-21-39)23-13-15-25(16-14-23)34(43)44)29(36)11-9-19-37-32(41)28-22-38-40(35(2,3)4)31(28)27-10-7-8-12-30(27)45-5/h1,7-16,22,24H,17-21H2,2-5H3,(H,37,41)(H,43,44)/b11-9-,29-26-. The fourth-order valence-corrected chi connectivity index (χ4v) is 6.14. The van der Waals surface area contributed by atoms with E-state index in [1.165, 1.54) is 6.08 Å². The second-order valence-electron chi connectivity index (χ2n) is 11.7. The van der Waals surface area contributed by atoms with Crippen molar-refractivity contribution >= 4 is 41.1 Å². The van der Waals surface area contributed by atoms with Gasteiger partial charge in [0.05, 0.1) is 33.6 Å². The van der Waals surface area contributed by atoms with E-state index < -0.39 is 5.97 Å². The number of piperidine rings is 1.